The van der Waals surface area contributed by atoms with Crippen molar-refractivity contribution in [1.29, 1.82) is 0 Å². The monoisotopic (exact) mass is 302 g/mol. The zero-order valence-electron chi connectivity index (χ0n) is 12.6. The Morgan fingerprint density at radius 3 is 3.14 bits per heavy atom. The number of hydrogen-bond donors (Lipinski definition) is 2. The van der Waals surface area contributed by atoms with Crippen LogP contribution < -0.4 is 10.6 Å². The van der Waals surface area contributed by atoms with Crippen molar-refractivity contribution in [1.82, 2.24) is 20.5 Å². The average molecular weight is 302 g/mol. The van der Waals surface area contributed by atoms with E-state index in [9.17, 15) is 9.59 Å². The first-order valence-corrected chi connectivity index (χ1v) is 7.50. The van der Waals surface area contributed by atoms with Crippen LogP contribution in [0.4, 0.5) is 0 Å². The minimum atomic E-state index is -0.441. The van der Waals surface area contributed by atoms with E-state index in [2.05, 4.69) is 22.2 Å². The summed E-state index contributed by atoms with van der Waals surface area (Å²) in [4.78, 5) is 30.0. The third-order valence-electron chi connectivity index (χ3n) is 3.55. The van der Waals surface area contributed by atoms with E-state index in [-0.39, 0.29) is 18.2 Å². The summed E-state index contributed by atoms with van der Waals surface area (Å²) in [6, 6.07) is 5.26. The molecule has 2 heterocycles. The molecular weight excluding hydrogens is 280 g/mol. The van der Waals surface area contributed by atoms with Gasteiger partial charge in [-0.05, 0) is 12.1 Å². The van der Waals surface area contributed by atoms with Crippen LogP contribution in [0.25, 0.3) is 0 Å². The van der Waals surface area contributed by atoms with Gasteiger partial charge in [-0.15, -0.1) is 6.58 Å². The Bertz CT molecular complexity index is 518. The van der Waals surface area contributed by atoms with Crippen LogP contribution in [-0.2, 0) is 16.0 Å². The largest absolute Gasteiger partial charge is 0.356 e. The number of pyridine rings is 1. The van der Waals surface area contributed by atoms with Crippen LogP contribution in [-0.4, -0.2) is 53.9 Å². The highest BCUT2D eigenvalue weighted by Crippen LogP contribution is 2.05. The van der Waals surface area contributed by atoms with Crippen molar-refractivity contribution in [3.63, 3.8) is 0 Å². The standard InChI is InChI=1S/C16H22N4O2/c1-2-10-20-11-9-18-14(16(20)22)12-15(21)19-8-6-13-5-3-4-7-17-13/h2-5,7,14,18H,1,6,8-12H2,(H,19,21). The molecule has 2 amide bonds. The maximum atomic E-state index is 12.2. The number of rotatable bonds is 7. The lowest BCUT2D eigenvalue weighted by molar-refractivity contribution is -0.137. The Hall–Kier alpha value is -2.21. The molecular formula is C16H22N4O2. The summed E-state index contributed by atoms with van der Waals surface area (Å²) in [6.07, 6.45) is 4.28. The van der Waals surface area contributed by atoms with Gasteiger partial charge < -0.3 is 15.5 Å². The van der Waals surface area contributed by atoms with Gasteiger partial charge in [0.25, 0.3) is 0 Å². The molecule has 1 aromatic heterocycles. The van der Waals surface area contributed by atoms with E-state index in [0.717, 1.165) is 5.69 Å². The van der Waals surface area contributed by atoms with Gasteiger partial charge in [0.05, 0.1) is 12.5 Å². The summed E-state index contributed by atoms with van der Waals surface area (Å²) in [7, 11) is 0. The smallest absolute Gasteiger partial charge is 0.240 e. The van der Waals surface area contributed by atoms with Crippen molar-refractivity contribution >= 4 is 11.8 Å². The van der Waals surface area contributed by atoms with Gasteiger partial charge in [0.1, 0.15) is 0 Å². The van der Waals surface area contributed by atoms with Gasteiger partial charge in [-0.3, -0.25) is 14.6 Å². The zero-order valence-corrected chi connectivity index (χ0v) is 12.6. The van der Waals surface area contributed by atoms with Crippen LogP contribution >= 0.6 is 0 Å². The Kier molecular flexibility index (Phi) is 6.09. The van der Waals surface area contributed by atoms with Gasteiger partial charge in [0, 0.05) is 44.5 Å². The maximum absolute atomic E-state index is 12.2. The van der Waals surface area contributed by atoms with E-state index in [1.165, 1.54) is 0 Å². The number of carbonyl (C=O) groups excluding carboxylic acids is 2. The van der Waals surface area contributed by atoms with E-state index < -0.39 is 6.04 Å². The molecule has 0 aromatic carbocycles. The zero-order chi connectivity index (χ0) is 15.8. The Morgan fingerprint density at radius 1 is 1.55 bits per heavy atom. The lowest BCUT2D eigenvalue weighted by atomic mass is 10.1. The molecule has 0 aliphatic carbocycles. The molecule has 2 rings (SSSR count). The number of piperazine rings is 1. The molecule has 0 spiro atoms. The summed E-state index contributed by atoms with van der Waals surface area (Å²) >= 11 is 0. The van der Waals surface area contributed by atoms with Crippen molar-refractivity contribution < 1.29 is 9.59 Å². The minimum Gasteiger partial charge on any atom is -0.356 e. The number of nitrogens with zero attached hydrogens (tertiary/aromatic N) is 2. The molecule has 1 fully saturated rings. The fourth-order valence-electron chi connectivity index (χ4n) is 2.42. The molecule has 22 heavy (non-hydrogen) atoms. The molecule has 6 nitrogen and oxygen atoms in total. The highest BCUT2D eigenvalue weighted by atomic mass is 16.2. The quantitative estimate of drug-likeness (QED) is 0.702. The second-order valence-electron chi connectivity index (χ2n) is 5.20. The predicted octanol–water partition coefficient (Wildman–Crippen LogP) is 0.117. The first-order valence-electron chi connectivity index (χ1n) is 7.50. The van der Waals surface area contributed by atoms with Crippen LogP contribution in [0.5, 0.6) is 0 Å². The summed E-state index contributed by atoms with van der Waals surface area (Å²) < 4.78 is 0. The Labute approximate surface area is 130 Å². The number of aromatic nitrogens is 1. The lowest BCUT2D eigenvalue weighted by Crippen LogP contribution is -2.56. The van der Waals surface area contributed by atoms with E-state index in [0.29, 0.717) is 32.6 Å². The predicted molar refractivity (Wildman–Crippen MR) is 84.1 cm³/mol. The molecule has 0 bridgehead atoms. The fraction of sp³-hybridized carbons (Fsp3) is 0.438. The van der Waals surface area contributed by atoms with E-state index in [4.69, 9.17) is 0 Å². The normalized spacial score (nSPS) is 18.1. The SMILES string of the molecule is C=CCN1CCNC(CC(=O)NCCc2ccccn2)C1=O. The van der Waals surface area contributed by atoms with Crippen molar-refractivity contribution in [2.24, 2.45) is 0 Å². The highest BCUT2D eigenvalue weighted by molar-refractivity contribution is 5.89. The van der Waals surface area contributed by atoms with Gasteiger partial charge in [-0.2, -0.15) is 0 Å². The average Bonchev–Trinajstić information content (AvgIpc) is 2.52. The molecule has 0 radical (unpaired) electrons. The molecule has 1 aromatic rings. The van der Waals surface area contributed by atoms with E-state index in [1.54, 1.807) is 17.2 Å². The molecule has 1 aliphatic heterocycles. The van der Waals surface area contributed by atoms with Crippen LogP contribution in [0.2, 0.25) is 0 Å². The number of amides is 2. The van der Waals surface area contributed by atoms with Gasteiger partial charge in [0.15, 0.2) is 0 Å². The molecule has 118 valence electrons. The van der Waals surface area contributed by atoms with Crippen LogP contribution in [0.15, 0.2) is 37.1 Å². The summed E-state index contributed by atoms with van der Waals surface area (Å²) in [5, 5.41) is 5.93. The van der Waals surface area contributed by atoms with Crippen molar-refractivity contribution in [2.75, 3.05) is 26.2 Å². The number of carbonyl (C=O) groups is 2. The molecule has 6 heteroatoms. The maximum Gasteiger partial charge on any atom is 0.240 e. The first-order chi connectivity index (χ1) is 10.7. The highest BCUT2D eigenvalue weighted by Gasteiger charge is 2.29. The van der Waals surface area contributed by atoms with Crippen molar-refractivity contribution in [2.45, 2.75) is 18.9 Å². The van der Waals surface area contributed by atoms with E-state index in [1.807, 2.05) is 18.2 Å². The van der Waals surface area contributed by atoms with Crippen LogP contribution in [0, 0.1) is 0 Å². The topological polar surface area (TPSA) is 74.3 Å². The van der Waals surface area contributed by atoms with Crippen molar-refractivity contribution in [3.8, 4) is 0 Å². The minimum absolute atomic E-state index is 0.0361. The fourth-order valence-corrected chi connectivity index (χ4v) is 2.42. The Morgan fingerprint density at radius 2 is 2.41 bits per heavy atom. The summed E-state index contributed by atoms with van der Waals surface area (Å²) in [5.41, 5.74) is 0.937. The molecule has 1 unspecified atom stereocenters. The summed E-state index contributed by atoms with van der Waals surface area (Å²) in [6.45, 7) is 6.05. The van der Waals surface area contributed by atoms with Gasteiger partial charge in [0.2, 0.25) is 11.8 Å². The third-order valence-corrected chi connectivity index (χ3v) is 3.55. The lowest BCUT2D eigenvalue weighted by Gasteiger charge is -2.32. The van der Waals surface area contributed by atoms with Gasteiger partial charge >= 0.3 is 0 Å². The van der Waals surface area contributed by atoms with Gasteiger partial charge in [-0.1, -0.05) is 12.1 Å². The Balaban J connectivity index is 1.74. The van der Waals surface area contributed by atoms with Crippen LogP contribution in [0.1, 0.15) is 12.1 Å². The first kappa shape index (κ1) is 16.2. The second-order valence-corrected chi connectivity index (χ2v) is 5.20. The molecule has 0 saturated carbocycles. The third kappa shape index (κ3) is 4.66. The van der Waals surface area contributed by atoms with Crippen molar-refractivity contribution in [3.05, 3.63) is 42.7 Å². The van der Waals surface area contributed by atoms with Gasteiger partial charge in [-0.25, -0.2) is 0 Å². The van der Waals surface area contributed by atoms with Crippen LogP contribution in [0.3, 0.4) is 0 Å². The van der Waals surface area contributed by atoms with E-state index >= 15 is 0 Å². The molecule has 1 aliphatic rings. The molecule has 2 N–H and O–H groups in total. The second kappa shape index (κ2) is 8.29. The number of nitrogens with one attached hydrogen (secondary N) is 2. The summed E-state index contributed by atoms with van der Waals surface area (Å²) in [5.74, 6) is -0.159. The number of hydrogen-bond acceptors (Lipinski definition) is 4. The molecule has 1 saturated heterocycles. The molecule has 1 atom stereocenters.